The van der Waals surface area contributed by atoms with E-state index in [1.54, 1.807) is 18.2 Å². The number of methoxy groups -OCH3 is 2. The molecule has 0 bridgehead atoms. The van der Waals surface area contributed by atoms with Gasteiger partial charge in [-0.15, -0.1) is 0 Å². The quantitative estimate of drug-likeness (QED) is 0.720. The van der Waals surface area contributed by atoms with Gasteiger partial charge in [0.15, 0.2) is 0 Å². The molecule has 110 valence electrons. The largest absolute Gasteiger partial charge is 0.497 e. The van der Waals surface area contributed by atoms with Crippen LogP contribution in [0, 0.1) is 0 Å². The Morgan fingerprint density at radius 1 is 1.33 bits per heavy atom. The number of hydrogen-bond donors (Lipinski definition) is 3. The maximum atomic E-state index is 12.3. The van der Waals surface area contributed by atoms with Gasteiger partial charge in [0.25, 0.3) is 5.91 Å². The zero-order chi connectivity index (χ0) is 15.4. The fourth-order valence-corrected chi connectivity index (χ4v) is 1.89. The monoisotopic (exact) mass is 306 g/mol. The lowest BCUT2D eigenvalue weighted by molar-refractivity contribution is 0.102. The van der Waals surface area contributed by atoms with Crippen molar-refractivity contribution >= 4 is 28.9 Å². The Labute approximate surface area is 126 Å². The number of benzene rings is 1. The van der Waals surface area contributed by atoms with E-state index in [2.05, 4.69) is 15.5 Å². The van der Waals surface area contributed by atoms with Crippen molar-refractivity contribution < 1.29 is 14.3 Å². The number of H-pyrrole nitrogens is 1. The highest BCUT2D eigenvalue weighted by Gasteiger charge is 2.16. The average molecular weight is 306 g/mol. The van der Waals surface area contributed by atoms with E-state index in [0.29, 0.717) is 28.4 Å². The maximum absolute atomic E-state index is 12.3. The molecule has 1 aromatic heterocycles. The number of anilines is 1. The van der Waals surface area contributed by atoms with E-state index in [1.165, 1.54) is 20.4 Å². The normalized spacial score (nSPS) is 10.0. The second-order valence-electron chi connectivity index (χ2n) is 4.04. The summed E-state index contributed by atoms with van der Waals surface area (Å²) >= 11 is 4.88. The van der Waals surface area contributed by atoms with Crippen LogP contribution in [-0.2, 0) is 0 Å². The molecule has 4 N–H and O–H groups in total. The summed E-state index contributed by atoms with van der Waals surface area (Å²) in [6, 6.07) is 4.89. The first-order valence-electron chi connectivity index (χ1n) is 5.93. The highest BCUT2D eigenvalue weighted by molar-refractivity contribution is 7.80. The molecule has 0 atom stereocenters. The van der Waals surface area contributed by atoms with Gasteiger partial charge >= 0.3 is 0 Å². The molecular weight excluding hydrogens is 292 g/mol. The first kappa shape index (κ1) is 14.8. The number of ether oxygens (including phenoxy) is 2. The zero-order valence-corrected chi connectivity index (χ0v) is 12.3. The van der Waals surface area contributed by atoms with Gasteiger partial charge in [0.05, 0.1) is 31.5 Å². The van der Waals surface area contributed by atoms with E-state index in [-0.39, 0.29) is 10.9 Å². The minimum Gasteiger partial charge on any atom is -0.497 e. The van der Waals surface area contributed by atoms with Crippen molar-refractivity contribution in [3.05, 3.63) is 35.5 Å². The molecule has 1 heterocycles. The Hall–Kier alpha value is -2.61. The van der Waals surface area contributed by atoms with Crippen LogP contribution in [-0.4, -0.2) is 35.3 Å². The first-order chi connectivity index (χ1) is 10.1. The fraction of sp³-hybridized carbons (Fsp3) is 0.154. The standard InChI is InChI=1S/C13H14N4O3S/c1-19-7-3-4-8(10(5-7)20-2)13(18)16-12-9(11(14)21)6-15-17-12/h3-6H,1-2H3,(H2,14,21)(H2,15,16,17,18). The van der Waals surface area contributed by atoms with Crippen LogP contribution in [0.1, 0.15) is 15.9 Å². The minimum atomic E-state index is -0.378. The molecule has 0 saturated heterocycles. The van der Waals surface area contributed by atoms with Gasteiger partial charge in [-0.1, -0.05) is 12.2 Å². The third kappa shape index (κ3) is 3.11. The average Bonchev–Trinajstić information content (AvgIpc) is 2.94. The second-order valence-corrected chi connectivity index (χ2v) is 4.48. The molecule has 8 heteroatoms. The van der Waals surface area contributed by atoms with Crippen LogP contribution in [0.15, 0.2) is 24.4 Å². The predicted molar refractivity (Wildman–Crippen MR) is 82.0 cm³/mol. The Kier molecular flexibility index (Phi) is 4.39. The predicted octanol–water partition coefficient (Wildman–Crippen LogP) is 1.31. The lowest BCUT2D eigenvalue weighted by Crippen LogP contribution is -2.17. The van der Waals surface area contributed by atoms with Crippen molar-refractivity contribution in [3.63, 3.8) is 0 Å². The Morgan fingerprint density at radius 2 is 2.10 bits per heavy atom. The minimum absolute atomic E-state index is 0.140. The molecule has 0 fully saturated rings. The van der Waals surface area contributed by atoms with Gasteiger partial charge in [-0.2, -0.15) is 5.10 Å². The number of rotatable bonds is 5. The molecule has 2 rings (SSSR count). The van der Waals surface area contributed by atoms with Crippen molar-refractivity contribution in [1.82, 2.24) is 10.2 Å². The van der Waals surface area contributed by atoms with Crippen LogP contribution in [0.2, 0.25) is 0 Å². The first-order valence-corrected chi connectivity index (χ1v) is 6.34. The van der Waals surface area contributed by atoms with Crippen LogP contribution in [0.4, 0.5) is 5.82 Å². The number of aromatic nitrogens is 2. The van der Waals surface area contributed by atoms with Crippen molar-refractivity contribution in [3.8, 4) is 11.5 Å². The molecule has 0 aliphatic carbocycles. The van der Waals surface area contributed by atoms with E-state index in [0.717, 1.165) is 0 Å². The summed E-state index contributed by atoms with van der Waals surface area (Å²) in [7, 11) is 3.01. The van der Waals surface area contributed by atoms with Gasteiger partial charge in [0.2, 0.25) is 0 Å². The summed E-state index contributed by atoms with van der Waals surface area (Å²) in [5, 5.41) is 9.09. The maximum Gasteiger partial charge on any atom is 0.260 e. The Bertz CT molecular complexity index is 684. The third-order valence-corrected chi connectivity index (χ3v) is 3.02. The Morgan fingerprint density at radius 3 is 2.71 bits per heavy atom. The van der Waals surface area contributed by atoms with Crippen molar-refractivity contribution in [2.75, 3.05) is 19.5 Å². The third-order valence-electron chi connectivity index (χ3n) is 2.80. The molecule has 1 amide bonds. The number of hydrogen-bond acceptors (Lipinski definition) is 5. The summed E-state index contributed by atoms with van der Waals surface area (Å²) in [6.45, 7) is 0. The molecule has 1 aromatic carbocycles. The van der Waals surface area contributed by atoms with E-state index in [9.17, 15) is 4.79 Å². The van der Waals surface area contributed by atoms with Gasteiger partial charge in [0, 0.05) is 6.07 Å². The van der Waals surface area contributed by atoms with Crippen LogP contribution >= 0.6 is 12.2 Å². The fourth-order valence-electron chi connectivity index (χ4n) is 1.74. The van der Waals surface area contributed by atoms with Gasteiger partial charge in [-0.25, -0.2) is 0 Å². The zero-order valence-electron chi connectivity index (χ0n) is 11.5. The van der Waals surface area contributed by atoms with Crippen molar-refractivity contribution in [2.45, 2.75) is 0 Å². The number of nitrogens with zero attached hydrogens (tertiary/aromatic N) is 1. The number of nitrogens with two attached hydrogens (primary N) is 1. The summed E-state index contributed by atoms with van der Waals surface area (Å²) in [5.41, 5.74) is 6.36. The molecular formula is C13H14N4O3S. The molecule has 7 nitrogen and oxygen atoms in total. The number of carbonyl (C=O) groups excluding carboxylic acids is 1. The van der Waals surface area contributed by atoms with Gasteiger partial charge in [-0.05, 0) is 12.1 Å². The Balaban J connectivity index is 2.28. The molecule has 0 spiro atoms. The van der Waals surface area contributed by atoms with Crippen molar-refractivity contribution in [2.24, 2.45) is 5.73 Å². The van der Waals surface area contributed by atoms with E-state index in [4.69, 9.17) is 27.4 Å². The SMILES string of the molecule is COc1ccc(C(=O)Nc2[nH]ncc2C(N)=S)c(OC)c1. The highest BCUT2D eigenvalue weighted by atomic mass is 32.1. The molecule has 0 radical (unpaired) electrons. The lowest BCUT2D eigenvalue weighted by Gasteiger charge is -2.10. The number of carbonyl (C=O) groups is 1. The molecule has 21 heavy (non-hydrogen) atoms. The second kappa shape index (κ2) is 6.23. The van der Waals surface area contributed by atoms with Crippen LogP contribution in [0.5, 0.6) is 11.5 Å². The number of nitrogens with one attached hydrogen (secondary N) is 2. The van der Waals surface area contributed by atoms with E-state index < -0.39 is 0 Å². The molecule has 0 unspecified atom stereocenters. The number of aromatic amines is 1. The number of amides is 1. The molecule has 0 saturated carbocycles. The molecule has 2 aromatic rings. The van der Waals surface area contributed by atoms with Gasteiger partial charge in [-0.3, -0.25) is 9.89 Å². The van der Waals surface area contributed by atoms with Crippen molar-refractivity contribution in [1.29, 1.82) is 0 Å². The summed E-state index contributed by atoms with van der Waals surface area (Å²) in [5.74, 6) is 0.943. The van der Waals surface area contributed by atoms with Gasteiger partial charge in [0.1, 0.15) is 22.3 Å². The summed E-state index contributed by atoms with van der Waals surface area (Å²) < 4.78 is 10.3. The van der Waals surface area contributed by atoms with E-state index in [1.807, 2.05) is 0 Å². The molecule has 0 aliphatic heterocycles. The molecule has 0 aliphatic rings. The number of thiocarbonyl (C=S) groups is 1. The highest BCUT2D eigenvalue weighted by Crippen LogP contribution is 2.25. The van der Waals surface area contributed by atoms with E-state index >= 15 is 0 Å². The van der Waals surface area contributed by atoms with Crippen LogP contribution in [0.25, 0.3) is 0 Å². The smallest absolute Gasteiger partial charge is 0.260 e. The lowest BCUT2D eigenvalue weighted by atomic mass is 10.1. The topological polar surface area (TPSA) is 102 Å². The van der Waals surface area contributed by atoms with Crippen LogP contribution in [0.3, 0.4) is 0 Å². The van der Waals surface area contributed by atoms with Gasteiger partial charge < -0.3 is 20.5 Å². The van der Waals surface area contributed by atoms with Crippen LogP contribution < -0.4 is 20.5 Å². The summed E-state index contributed by atoms with van der Waals surface area (Å²) in [4.78, 5) is 12.4. The summed E-state index contributed by atoms with van der Waals surface area (Å²) in [6.07, 6.45) is 1.45.